The minimum absolute atomic E-state index is 0.0218. The Bertz CT molecular complexity index is 1120. The highest BCUT2D eigenvalue weighted by molar-refractivity contribution is 7.86. The van der Waals surface area contributed by atoms with Crippen LogP contribution >= 0.6 is 11.6 Å². The molecule has 2 rings (SSSR count). The standard InChI is InChI=1S/C15H13ClN4O5S/c1-3-20-14(21)10(7-17)8(2)13(15(20)22)19-18-9-4-5-11(16)12(6-9)26(23,24)25/h4-6,22H,3H2,1-2H3,(H,23,24,25). The van der Waals surface area contributed by atoms with Crippen molar-refractivity contribution in [2.45, 2.75) is 25.3 Å². The van der Waals surface area contributed by atoms with Crippen molar-refractivity contribution in [1.82, 2.24) is 4.57 Å². The second kappa shape index (κ2) is 7.25. The molecular formula is C15H13ClN4O5S. The highest BCUT2D eigenvalue weighted by Crippen LogP contribution is 2.33. The third kappa shape index (κ3) is 3.60. The lowest BCUT2D eigenvalue weighted by molar-refractivity contribution is 0.412. The van der Waals surface area contributed by atoms with Crippen molar-refractivity contribution in [2.24, 2.45) is 10.2 Å². The predicted octanol–water partition coefficient (Wildman–Crippen LogP) is 3.07. The van der Waals surface area contributed by atoms with Crippen LogP contribution in [0.25, 0.3) is 0 Å². The molecule has 0 unspecified atom stereocenters. The van der Waals surface area contributed by atoms with Gasteiger partial charge in [0.1, 0.15) is 16.5 Å². The van der Waals surface area contributed by atoms with Crippen LogP contribution in [-0.2, 0) is 16.7 Å². The Morgan fingerprint density at radius 2 is 2.00 bits per heavy atom. The van der Waals surface area contributed by atoms with Gasteiger partial charge in [0.05, 0.1) is 10.7 Å². The topological polar surface area (TPSA) is 145 Å². The van der Waals surface area contributed by atoms with E-state index in [0.29, 0.717) is 0 Å². The van der Waals surface area contributed by atoms with Gasteiger partial charge < -0.3 is 5.11 Å². The van der Waals surface area contributed by atoms with E-state index < -0.39 is 26.5 Å². The van der Waals surface area contributed by atoms with E-state index in [2.05, 4.69) is 10.2 Å². The van der Waals surface area contributed by atoms with Crippen LogP contribution in [0.5, 0.6) is 5.88 Å². The summed E-state index contributed by atoms with van der Waals surface area (Å²) in [5, 5.41) is 26.8. The Morgan fingerprint density at radius 3 is 2.54 bits per heavy atom. The molecule has 136 valence electrons. The summed E-state index contributed by atoms with van der Waals surface area (Å²) in [6, 6.07) is 5.31. The fourth-order valence-electron chi connectivity index (χ4n) is 2.21. The maximum Gasteiger partial charge on any atom is 0.296 e. The van der Waals surface area contributed by atoms with Crippen molar-refractivity contribution in [2.75, 3.05) is 0 Å². The maximum atomic E-state index is 12.1. The number of pyridine rings is 1. The third-order valence-corrected chi connectivity index (χ3v) is 4.88. The van der Waals surface area contributed by atoms with E-state index in [1.165, 1.54) is 19.1 Å². The van der Waals surface area contributed by atoms with E-state index in [4.69, 9.17) is 21.4 Å². The Balaban J connectivity index is 2.63. The normalized spacial score (nSPS) is 11.7. The van der Waals surface area contributed by atoms with Gasteiger partial charge in [-0.3, -0.25) is 13.9 Å². The summed E-state index contributed by atoms with van der Waals surface area (Å²) in [5.74, 6) is -0.471. The van der Waals surface area contributed by atoms with Gasteiger partial charge in [0, 0.05) is 12.1 Å². The Kier molecular flexibility index (Phi) is 5.46. The minimum atomic E-state index is -4.55. The first-order chi connectivity index (χ1) is 12.1. The van der Waals surface area contributed by atoms with Crippen LogP contribution in [0.15, 0.2) is 38.1 Å². The number of nitrogens with zero attached hydrogens (tertiary/aromatic N) is 4. The van der Waals surface area contributed by atoms with Gasteiger partial charge in [0.15, 0.2) is 5.69 Å². The monoisotopic (exact) mass is 396 g/mol. The smallest absolute Gasteiger partial charge is 0.296 e. The fraction of sp³-hybridized carbons (Fsp3) is 0.200. The van der Waals surface area contributed by atoms with E-state index in [1.54, 1.807) is 13.0 Å². The zero-order valence-electron chi connectivity index (χ0n) is 13.6. The molecule has 9 nitrogen and oxygen atoms in total. The summed E-state index contributed by atoms with van der Waals surface area (Å²) in [6.07, 6.45) is 0. The Hall–Kier alpha value is -2.74. The lowest BCUT2D eigenvalue weighted by Gasteiger charge is -2.11. The molecule has 0 fully saturated rings. The number of aromatic nitrogens is 1. The molecule has 0 saturated carbocycles. The number of hydrogen-bond donors (Lipinski definition) is 2. The molecule has 0 saturated heterocycles. The highest BCUT2D eigenvalue weighted by Gasteiger charge is 2.19. The molecule has 0 aliphatic rings. The lowest BCUT2D eigenvalue weighted by Crippen LogP contribution is -2.23. The lowest BCUT2D eigenvalue weighted by atomic mass is 10.1. The minimum Gasteiger partial charge on any atom is -0.493 e. The van der Waals surface area contributed by atoms with Crippen LogP contribution in [0, 0.1) is 18.3 Å². The molecule has 0 spiro atoms. The molecule has 1 aromatic carbocycles. The summed E-state index contributed by atoms with van der Waals surface area (Å²) in [7, 11) is -4.55. The van der Waals surface area contributed by atoms with Crippen LogP contribution < -0.4 is 5.56 Å². The van der Waals surface area contributed by atoms with Gasteiger partial charge in [-0.1, -0.05) is 11.6 Å². The molecule has 0 amide bonds. The number of hydrogen-bond acceptors (Lipinski definition) is 7. The molecule has 2 N–H and O–H groups in total. The van der Waals surface area contributed by atoms with E-state index >= 15 is 0 Å². The predicted molar refractivity (Wildman–Crippen MR) is 92.9 cm³/mol. The number of azo groups is 1. The average molecular weight is 397 g/mol. The SMILES string of the molecule is CCn1c(O)c(N=Nc2ccc(Cl)c(S(=O)(=O)O)c2)c(C)c(C#N)c1=O. The summed E-state index contributed by atoms with van der Waals surface area (Å²) >= 11 is 5.72. The number of halogens is 1. The first-order valence-electron chi connectivity index (χ1n) is 7.17. The summed E-state index contributed by atoms with van der Waals surface area (Å²) in [6.45, 7) is 3.14. The number of rotatable bonds is 4. The molecule has 0 aliphatic carbocycles. The van der Waals surface area contributed by atoms with Gasteiger partial charge in [-0.15, -0.1) is 5.11 Å². The number of nitriles is 1. The summed E-state index contributed by atoms with van der Waals surface area (Å²) < 4.78 is 32.7. The molecule has 1 aromatic heterocycles. The zero-order valence-corrected chi connectivity index (χ0v) is 15.2. The first-order valence-corrected chi connectivity index (χ1v) is 8.98. The van der Waals surface area contributed by atoms with Crippen LogP contribution in [0.3, 0.4) is 0 Å². The van der Waals surface area contributed by atoms with E-state index in [-0.39, 0.29) is 34.1 Å². The fourth-order valence-corrected chi connectivity index (χ4v) is 3.20. The zero-order chi connectivity index (χ0) is 19.6. The van der Waals surface area contributed by atoms with Crippen LogP contribution in [0.4, 0.5) is 11.4 Å². The molecule has 0 radical (unpaired) electrons. The van der Waals surface area contributed by atoms with Gasteiger partial charge >= 0.3 is 0 Å². The molecule has 2 aromatic rings. The molecule has 11 heteroatoms. The average Bonchev–Trinajstić information content (AvgIpc) is 2.56. The Morgan fingerprint density at radius 1 is 1.35 bits per heavy atom. The third-order valence-electron chi connectivity index (χ3n) is 3.54. The van der Waals surface area contributed by atoms with Gasteiger partial charge in [0.25, 0.3) is 15.7 Å². The van der Waals surface area contributed by atoms with Gasteiger partial charge in [-0.05, 0) is 32.0 Å². The van der Waals surface area contributed by atoms with Crippen LogP contribution in [0.2, 0.25) is 5.02 Å². The molecule has 0 aliphatic heterocycles. The van der Waals surface area contributed by atoms with Crippen molar-refractivity contribution in [1.29, 1.82) is 5.26 Å². The van der Waals surface area contributed by atoms with Crippen molar-refractivity contribution in [3.05, 3.63) is 44.7 Å². The molecule has 26 heavy (non-hydrogen) atoms. The van der Waals surface area contributed by atoms with E-state index in [1.807, 2.05) is 0 Å². The van der Waals surface area contributed by atoms with Gasteiger partial charge in [0.2, 0.25) is 5.88 Å². The molecule has 1 heterocycles. The summed E-state index contributed by atoms with van der Waals surface area (Å²) in [5.41, 5.74) is -0.787. The van der Waals surface area contributed by atoms with E-state index in [9.17, 15) is 18.3 Å². The maximum absolute atomic E-state index is 12.1. The number of benzene rings is 1. The summed E-state index contributed by atoms with van der Waals surface area (Å²) in [4.78, 5) is 11.5. The largest absolute Gasteiger partial charge is 0.493 e. The van der Waals surface area contributed by atoms with Crippen LogP contribution in [-0.4, -0.2) is 22.6 Å². The van der Waals surface area contributed by atoms with Gasteiger partial charge in [-0.25, -0.2) is 0 Å². The van der Waals surface area contributed by atoms with E-state index in [0.717, 1.165) is 10.6 Å². The van der Waals surface area contributed by atoms with Crippen molar-refractivity contribution < 1.29 is 18.1 Å². The quantitative estimate of drug-likeness (QED) is 0.599. The van der Waals surface area contributed by atoms with Crippen LogP contribution in [0.1, 0.15) is 18.1 Å². The molecular weight excluding hydrogens is 384 g/mol. The number of aromatic hydroxyl groups is 1. The van der Waals surface area contributed by atoms with Crippen molar-refractivity contribution in [3.8, 4) is 11.9 Å². The Labute approximate surface area is 153 Å². The first kappa shape index (κ1) is 19.6. The highest BCUT2D eigenvalue weighted by atomic mass is 35.5. The van der Waals surface area contributed by atoms with Crippen molar-refractivity contribution >= 4 is 33.1 Å². The van der Waals surface area contributed by atoms with Gasteiger partial charge in [-0.2, -0.15) is 18.8 Å². The second-order valence-corrected chi connectivity index (χ2v) is 6.92. The second-order valence-electron chi connectivity index (χ2n) is 5.12. The molecule has 0 atom stereocenters. The molecule has 0 bridgehead atoms. The van der Waals surface area contributed by atoms with Crippen molar-refractivity contribution in [3.63, 3.8) is 0 Å².